The summed E-state index contributed by atoms with van der Waals surface area (Å²) in [6.07, 6.45) is 1.45. The van der Waals surface area contributed by atoms with Gasteiger partial charge in [-0.05, 0) is 31.2 Å². The molecule has 0 aliphatic carbocycles. The van der Waals surface area contributed by atoms with Crippen molar-refractivity contribution in [2.24, 2.45) is 0 Å². The number of halogens is 1. The number of nitrogens with two attached hydrogens (primary N) is 1. The Balaban J connectivity index is 2.24. The SMILES string of the molecule is Cc1c(F)cccc1NC(=O)c1ccnc(N)c1. The van der Waals surface area contributed by atoms with Crippen molar-refractivity contribution in [3.8, 4) is 0 Å². The second kappa shape index (κ2) is 4.83. The first kappa shape index (κ1) is 12.0. The molecule has 0 fully saturated rings. The molecule has 0 saturated carbocycles. The average molecular weight is 245 g/mol. The molecule has 5 heteroatoms. The number of nitrogen functional groups attached to an aromatic ring is 1. The molecule has 1 heterocycles. The number of aromatic nitrogens is 1. The van der Waals surface area contributed by atoms with Crippen LogP contribution < -0.4 is 11.1 Å². The van der Waals surface area contributed by atoms with Crippen LogP contribution in [0.1, 0.15) is 15.9 Å². The number of hydrogen-bond acceptors (Lipinski definition) is 3. The van der Waals surface area contributed by atoms with Gasteiger partial charge in [-0.1, -0.05) is 6.07 Å². The van der Waals surface area contributed by atoms with E-state index >= 15 is 0 Å². The van der Waals surface area contributed by atoms with Gasteiger partial charge in [0.05, 0.1) is 0 Å². The lowest BCUT2D eigenvalue weighted by molar-refractivity contribution is 0.102. The topological polar surface area (TPSA) is 68.0 Å². The second-order valence-electron chi connectivity index (χ2n) is 3.84. The summed E-state index contributed by atoms with van der Waals surface area (Å²) in [5.41, 5.74) is 6.71. The van der Waals surface area contributed by atoms with E-state index in [1.165, 1.54) is 18.3 Å². The zero-order chi connectivity index (χ0) is 13.1. The Kier molecular flexibility index (Phi) is 3.23. The Morgan fingerprint density at radius 1 is 1.39 bits per heavy atom. The Morgan fingerprint density at radius 2 is 2.17 bits per heavy atom. The summed E-state index contributed by atoms with van der Waals surface area (Å²) in [6, 6.07) is 7.53. The summed E-state index contributed by atoms with van der Waals surface area (Å²) < 4.78 is 13.3. The fourth-order valence-electron chi connectivity index (χ4n) is 1.53. The van der Waals surface area contributed by atoms with E-state index < -0.39 is 0 Å². The molecule has 4 nitrogen and oxygen atoms in total. The molecule has 0 aliphatic heterocycles. The number of carbonyl (C=O) groups excluding carboxylic acids is 1. The highest BCUT2D eigenvalue weighted by Crippen LogP contribution is 2.18. The number of hydrogen-bond donors (Lipinski definition) is 2. The van der Waals surface area contributed by atoms with E-state index in [4.69, 9.17) is 5.73 Å². The smallest absolute Gasteiger partial charge is 0.255 e. The van der Waals surface area contributed by atoms with E-state index in [1.807, 2.05) is 0 Å². The first-order valence-corrected chi connectivity index (χ1v) is 5.36. The van der Waals surface area contributed by atoms with Crippen molar-refractivity contribution < 1.29 is 9.18 Å². The first-order valence-electron chi connectivity index (χ1n) is 5.36. The lowest BCUT2D eigenvalue weighted by Crippen LogP contribution is -2.13. The molecule has 18 heavy (non-hydrogen) atoms. The molecule has 0 atom stereocenters. The average Bonchev–Trinajstić information content (AvgIpc) is 2.35. The highest BCUT2D eigenvalue weighted by atomic mass is 19.1. The first-order chi connectivity index (χ1) is 8.58. The highest BCUT2D eigenvalue weighted by Gasteiger charge is 2.09. The van der Waals surface area contributed by atoms with Crippen LogP contribution in [0.3, 0.4) is 0 Å². The minimum absolute atomic E-state index is 0.263. The van der Waals surface area contributed by atoms with Gasteiger partial charge in [0, 0.05) is 23.0 Å². The zero-order valence-corrected chi connectivity index (χ0v) is 9.77. The van der Waals surface area contributed by atoms with Crippen molar-refractivity contribution in [3.63, 3.8) is 0 Å². The summed E-state index contributed by atoms with van der Waals surface area (Å²) in [6.45, 7) is 1.60. The van der Waals surface area contributed by atoms with Gasteiger partial charge in [0.2, 0.25) is 0 Å². The lowest BCUT2D eigenvalue weighted by atomic mass is 10.1. The maximum absolute atomic E-state index is 13.3. The van der Waals surface area contributed by atoms with Crippen LogP contribution in [0.2, 0.25) is 0 Å². The largest absolute Gasteiger partial charge is 0.384 e. The van der Waals surface area contributed by atoms with Crippen LogP contribution in [0.4, 0.5) is 15.9 Å². The Morgan fingerprint density at radius 3 is 2.89 bits per heavy atom. The van der Waals surface area contributed by atoms with E-state index in [0.717, 1.165) is 0 Å². The maximum atomic E-state index is 13.3. The predicted octanol–water partition coefficient (Wildman–Crippen LogP) is 2.36. The minimum Gasteiger partial charge on any atom is -0.384 e. The molecule has 0 radical (unpaired) electrons. The Labute approximate surface area is 104 Å². The molecule has 0 saturated heterocycles. The van der Waals surface area contributed by atoms with Gasteiger partial charge in [-0.2, -0.15) is 0 Å². The van der Waals surface area contributed by atoms with Crippen molar-refractivity contribution in [2.75, 3.05) is 11.1 Å². The summed E-state index contributed by atoms with van der Waals surface area (Å²) in [4.78, 5) is 15.7. The van der Waals surface area contributed by atoms with Gasteiger partial charge in [-0.25, -0.2) is 9.37 Å². The quantitative estimate of drug-likeness (QED) is 0.853. The molecule has 3 N–H and O–H groups in total. The number of carbonyl (C=O) groups is 1. The van der Waals surface area contributed by atoms with Crippen LogP contribution >= 0.6 is 0 Å². The minimum atomic E-state index is -0.359. The van der Waals surface area contributed by atoms with E-state index in [1.54, 1.807) is 25.1 Å². The maximum Gasteiger partial charge on any atom is 0.255 e. The molecule has 1 aromatic heterocycles. The summed E-state index contributed by atoms with van der Waals surface area (Å²) in [7, 11) is 0. The normalized spacial score (nSPS) is 10.1. The molecule has 0 unspecified atom stereocenters. The van der Waals surface area contributed by atoms with Crippen molar-refractivity contribution in [1.29, 1.82) is 0 Å². The van der Waals surface area contributed by atoms with Crippen LogP contribution in [0.15, 0.2) is 36.5 Å². The molecule has 0 bridgehead atoms. The van der Waals surface area contributed by atoms with Gasteiger partial charge in [0.25, 0.3) is 5.91 Å². The van der Waals surface area contributed by atoms with Gasteiger partial charge in [0.1, 0.15) is 11.6 Å². The third kappa shape index (κ3) is 2.45. The van der Waals surface area contributed by atoms with E-state index in [-0.39, 0.29) is 17.5 Å². The van der Waals surface area contributed by atoms with Crippen LogP contribution in [-0.2, 0) is 0 Å². The number of nitrogens with zero attached hydrogens (tertiary/aromatic N) is 1. The molecule has 92 valence electrons. The lowest BCUT2D eigenvalue weighted by Gasteiger charge is -2.08. The van der Waals surface area contributed by atoms with Gasteiger partial charge < -0.3 is 11.1 Å². The van der Waals surface area contributed by atoms with Gasteiger partial charge >= 0.3 is 0 Å². The standard InChI is InChI=1S/C13H12FN3O/c1-8-10(14)3-2-4-11(8)17-13(18)9-5-6-16-12(15)7-9/h2-7H,1H3,(H2,15,16)(H,17,18). The zero-order valence-electron chi connectivity index (χ0n) is 9.77. The van der Waals surface area contributed by atoms with E-state index in [9.17, 15) is 9.18 Å². The monoisotopic (exact) mass is 245 g/mol. The number of rotatable bonds is 2. The Hall–Kier alpha value is -2.43. The predicted molar refractivity (Wildman–Crippen MR) is 67.7 cm³/mol. The van der Waals surface area contributed by atoms with Crippen molar-refractivity contribution >= 4 is 17.4 Å². The molecule has 2 aromatic rings. The van der Waals surface area contributed by atoms with Gasteiger partial charge in [-0.3, -0.25) is 4.79 Å². The number of pyridine rings is 1. The van der Waals surface area contributed by atoms with Crippen LogP contribution in [0.25, 0.3) is 0 Å². The fraction of sp³-hybridized carbons (Fsp3) is 0.0769. The van der Waals surface area contributed by atoms with Crippen LogP contribution in [-0.4, -0.2) is 10.9 Å². The highest BCUT2D eigenvalue weighted by molar-refractivity contribution is 6.04. The van der Waals surface area contributed by atoms with Crippen molar-refractivity contribution in [2.45, 2.75) is 6.92 Å². The molecule has 0 spiro atoms. The number of nitrogens with one attached hydrogen (secondary N) is 1. The summed E-state index contributed by atoms with van der Waals surface area (Å²) >= 11 is 0. The molecule has 1 amide bonds. The number of anilines is 2. The van der Waals surface area contributed by atoms with E-state index in [2.05, 4.69) is 10.3 Å². The third-order valence-corrected chi connectivity index (χ3v) is 2.56. The molecular formula is C13H12FN3O. The van der Waals surface area contributed by atoms with E-state index in [0.29, 0.717) is 16.8 Å². The molecular weight excluding hydrogens is 233 g/mol. The summed E-state index contributed by atoms with van der Waals surface area (Å²) in [5.74, 6) is -0.446. The molecule has 0 aliphatic rings. The van der Waals surface area contributed by atoms with Gasteiger partial charge in [-0.15, -0.1) is 0 Å². The fourth-order valence-corrected chi connectivity index (χ4v) is 1.53. The van der Waals surface area contributed by atoms with Crippen LogP contribution in [0.5, 0.6) is 0 Å². The van der Waals surface area contributed by atoms with Crippen LogP contribution in [0, 0.1) is 12.7 Å². The second-order valence-corrected chi connectivity index (χ2v) is 3.84. The number of benzene rings is 1. The third-order valence-electron chi connectivity index (χ3n) is 2.56. The number of amides is 1. The van der Waals surface area contributed by atoms with Crippen molar-refractivity contribution in [1.82, 2.24) is 4.98 Å². The summed E-state index contributed by atoms with van der Waals surface area (Å²) in [5, 5.41) is 2.63. The van der Waals surface area contributed by atoms with Crippen molar-refractivity contribution in [3.05, 3.63) is 53.5 Å². The van der Waals surface area contributed by atoms with Gasteiger partial charge in [0.15, 0.2) is 0 Å². The molecule has 1 aromatic carbocycles. The Bertz CT molecular complexity index is 599. The molecule has 2 rings (SSSR count).